The number of fused-ring (bicyclic) bond motifs is 2. The molecule has 0 radical (unpaired) electrons. The minimum absolute atomic E-state index is 0.0873. The van der Waals surface area contributed by atoms with Gasteiger partial charge in [-0.25, -0.2) is 0 Å². The molecule has 1 aliphatic rings. The van der Waals surface area contributed by atoms with Crippen LogP contribution in [-0.2, 0) is 0 Å². The predicted molar refractivity (Wildman–Crippen MR) is 133 cm³/mol. The van der Waals surface area contributed by atoms with Crippen LogP contribution in [-0.4, -0.2) is 62.6 Å². The Labute approximate surface area is 197 Å². The first-order valence-corrected chi connectivity index (χ1v) is 11.5. The van der Waals surface area contributed by atoms with Crippen LogP contribution >= 0.6 is 0 Å². The lowest BCUT2D eigenvalue weighted by Gasteiger charge is -2.37. The van der Waals surface area contributed by atoms with E-state index in [0.717, 1.165) is 37.6 Å². The molecule has 7 heteroatoms. The summed E-state index contributed by atoms with van der Waals surface area (Å²) in [5, 5.41) is 11.6. The molecule has 1 aliphatic heterocycles. The second-order valence-electron chi connectivity index (χ2n) is 8.48. The smallest absolute Gasteiger partial charge is 0.200 e. The first-order chi connectivity index (χ1) is 16.6. The number of nitrogens with zero attached hydrogens (tertiary/aromatic N) is 2. The summed E-state index contributed by atoms with van der Waals surface area (Å²) in [5.41, 5.74) is 1.93. The number of anilines is 1. The van der Waals surface area contributed by atoms with Gasteiger partial charge in [-0.3, -0.25) is 9.69 Å². The number of para-hydroxylation sites is 4. The Balaban J connectivity index is 1.21. The van der Waals surface area contributed by atoms with E-state index in [0.29, 0.717) is 34.2 Å². The second kappa shape index (κ2) is 9.75. The van der Waals surface area contributed by atoms with Gasteiger partial charge in [-0.1, -0.05) is 30.3 Å². The van der Waals surface area contributed by atoms with Crippen LogP contribution in [0.2, 0.25) is 0 Å². The van der Waals surface area contributed by atoms with E-state index in [1.807, 2.05) is 30.3 Å². The topological polar surface area (TPSA) is 75.4 Å². The standard InChI is InChI=1S/C27H28N2O5/c1-32-24-11-5-3-9-22(24)29-15-13-28(14-16-29)17-19(30)18-33-25-12-6-8-21-26(31)20-7-2-4-10-23(20)34-27(21)25/h2-12,19,30H,13-18H2,1H3. The van der Waals surface area contributed by atoms with Gasteiger partial charge in [0.05, 0.1) is 23.6 Å². The van der Waals surface area contributed by atoms with Crippen molar-refractivity contribution in [2.24, 2.45) is 0 Å². The van der Waals surface area contributed by atoms with Crippen molar-refractivity contribution in [2.45, 2.75) is 6.10 Å². The number of aliphatic hydroxyl groups excluding tert-OH is 1. The zero-order valence-electron chi connectivity index (χ0n) is 19.1. The molecule has 0 saturated carbocycles. The number of ether oxygens (including phenoxy) is 2. The zero-order chi connectivity index (χ0) is 23.5. The van der Waals surface area contributed by atoms with Crippen LogP contribution in [0.4, 0.5) is 5.69 Å². The summed E-state index contributed by atoms with van der Waals surface area (Å²) in [5.74, 6) is 1.33. The Bertz CT molecular complexity index is 1340. The summed E-state index contributed by atoms with van der Waals surface area (Å²) in [4.78, 5) is 17.4. The molecule has 0 aliphatic carbocycles. The molecule has 1 unspecified atom stereocenters. The highest BCUT2D eigenvalue weighted by atomic mass is 16.5. The molecule has 4 aromatic rings. The van der Waals surface area contributed by atoms with E-state index in [4.69, 9.17) is 13.9 Å². The van der Waals surface area contributed by atoms with E-state index in [1.54, 1.807) is 37.4 Å². The van der Waals surface area contributed by atoms with Crippen LogP contribution < -0.4 is 19.8 Å². The average Bonchev–Trinajstić information content (AvgIpc) is 2.88. The lowest BCUT2D eigenvalue weighted by Crippen LogP contribution is -2.49. The number of rotatable bonds is 7. The minimum atomic E-state index is -0.666. The third kappa shape index (κ3) is 4.44. The first-order valence-electron chi connectivity index (χ1n) is 11.5. The van der Waals surface area contributed by atoms with Crippen LogP contribution in [0.5, 0.6) is 11.5 Å². The van der Waals surface area contributed by atoms with E-state index < -0.39 is 6.10 Å². The van der Waals surface area contributed by atoms with Crippen LogP contribution in [0.25, 0.3) is 21.9 Å². The molecule has 1 N–H and O–H groups in total. The van der Waals surface area contributed by atoms with Crippen molar-refractivity contribution in [2.75, 3.05) is 51.3 Å². The molecule has 5 rings (SSSR count). The van der Waals surface area contributed by atoms with Crippen molar-refractivity contribution in [3.63, 3.8) is 0 Å². The van der Waals surface area contributed by atoms with Crippen molar-refractivity contribution >= 4 is 27.6 Å². The summed E-state index contributed by atoms with van der Waals surface area (Å²) in [6, 6.07) is 20.5. The summed E-state index contributed by atoms with van der Waals surface area (Å²) in [7, 11) is 1.69. The number of β-amino-alcohol motifs (C(OH)–C–C–N with tert-alkyl or cyclic N) is 1. The molecule has 3 aromatic carbocycles. The monoisotopic (exact) mass is 460 g/mol. The highest BCUT2D eigenvalue weighted by molar-refractivity contribution is 5.92. The maximum absolute atomic E-state index is 12.8. The van der Waals surface area contributed by atoms with E-state index >= 15 is 0 Å². The van der Waals surface area contributed by atoms with Crippen molar-refractivity contribution in [1.29, 1.82) is 0 Å². The molecule has 0 amide bonds. The Morgan fingerprint density at radius 2 is 1.62 bits per heavy atom. The number of aliphatic hydroxyl groups is 1. The van der Waals surface area contributed by atoms with Gasteiger partial charge in [0.1, 0.15) is 24.0 Å². The molecule has 1 atom stereocenters. The van der Waals surface area contributed by atoms with Gasteiger partial charge in [-0.2, -0.15) is 0 Å². The Kier molecular flexibility index (Phi) is 6.38. The van der Waals surface area contributed by atoms with Crippen LogP contribution in [0.3, 0.4) is 0 Å². The average molecular weight is 461 g/mol. The van der Waals surface area contributed by atoms with Crippen molar-refractivity contribution in [1.82, 2.24) is 4.90 Å². The van der Waals surface area contributed by atoms with Gasteiger partial charge in [-0.15, -0.1) is 0 Å². The van der Waals surface area contributed by atoms with Gasteiger partial charge in [0, 0.05) is 32.7 Å². The van der Waals surface area contributed by atoms with Gasteiger partial charge in [-0.05, 0) is 36.4 Å². The van der Waals surface area contributed by atoms with Crippen LogP contribution in [0, 0.1) is 0 Å². The summed E-state index contributed by atoms with van der Waals surface area (Å²) >= 11 is 0. The Morgan fingerprint density at radius 1 is 0.912 bits per heavy atom. The number of benzene rings is 3. The number of methoxy groups -OCH3 is 1. The third-order valence-electron chi connectivity index (χ3n) is 6.27. The fourth-order valence-corrected chi connectivity index (χ4v) is 4.51. The van der Waals surface area contributed by atoms with E-state index in [-0.39, 0.29) is 12.0 Å². The quantitative estimate of drug-likeness (QED) is 0.423. The molecular formula is C27H28N2O5. The first kappa shape index (κ1) is 22.3. The molecule has 0 bridgehead atoms. The van der Waals surface area contributed by atoms with E-state index in [9.17, 15) is 9.90 Å². The SMILES string of the molecule is COc1ccccc1N1CCN(CC(O)COc2cccc3c(=O)c4ccccc4oc23)CC1. The van der Waals surface area contributed by atoms with Crippen molar-refractivity contribution < 1.29 is 19.0 Å². The molecule has 176 valence electrons. The van der Waals surface area contributed by atoms with Crippen molar-refractivity contribution in [3.05, 3.63) is 77.0 Å². The van der Waals surface area contributed by atoms with Crippen molar-refractivity contribution in [3.8, 4) is 11.5 Å². The molecular weight excluding hydrogens is 432 g/mol. The molecule has 34 heavy (non-hydrogen) atoms. The molecule has 1 aromatic heterocycles. The Hall–Kier alpha value is -3.55. The van der Waals surface area contributed by atoms with E-state index in [2.05, 4.69) is 15.9 Å². The summed E-state index contributed by atoms with van der Waals surface area (Å²) < 4.78 is 17.4. The highest BCUT2D eigenvalue weighted by Crippen LogP contribution is 2.29. The van der Waals surface area contributed by atoms with Crippen LogP contribution in [0.1, 0.15) is 0 Å². The predicted octanol–water partition coefficient (Wildman–Crippen LogP) is 3.52. The second-order valence-corrected chi connectivity index (χ2v) is 8.48. The fraction of sp³-hybridized carbons (Fsp3) is 0.296. The molecule has 7 nitrogen and oxygen atoms in total. The molecule has 0 spiro atoms. The normalized spacial score (nSPS) is 15.5. The lowest BCUT2D eigenvalue weighted by atomic mass is 10.1. The molecule has 1 fully saturated rings. The number of hydrogen-bond donors (Lipinski definition) is 1. The lowest BCUT2D eigenvalue weighted by molar-refractivity contribution is 0.0665. The van der Waals surface area contributed by atoms with Gasteiger partial charge >= 0.3 is 0 Å². The molecule has 2 heterocycles. The largest absolute Gasteiger partial charge is 0.495 e. The number of hydrogen-bond acceptors (Lipinski definition) is 7. The maximum Gasteiger partial charge on any atom is 0.200 e. The minimum Gasteiger partial charge on any atom is -0.495 e. The zero-order valence-corrected chi connectivity index (χ0v) is 19.1. The van der Waals surface area contributed by atoms with Gasteiger partial charge in [0.2, 0.25) is 5.43 Å². The van der Waals surface area contributed by atoms with E-state index in [1.165, 1.54) is 0 Å². The van der Waals surface area contributed by atoms with Gasteiger partial charge in [0.25, 0.3) is 0 Å². The summed E-state index contributed by atoms with van der Waals surface area (Å²) in [6.45, 7) is 4.01. The third-order valence-corrected chi connectivity index (χ3v) is 6.27. The van der Waals surface area contributed by atoms with Crippen LogP contribution in [0.15, 0.2) is 75.9 Å². The number of piperazine rings is 1. The van der Waals surface area contributed by atoms with Gasteiger partial charge in [0.15, 0.2) is 11.3 Å². The highest BCUT2D eigenvalue weighted by Gasteiger charge is 2.22. The Morgan fingerprint density at radius 3 is 2.44 bits per heavy atom. The molecule has 1 saturated heterocycles. The fourth-order valence-electron chi connectivity index (χ4n) is 4.51. The van der Waals surface area contributed by atoms with Gasteiger partial charge < -0.3 is 23.9 Å². The summed E-state index contributed by atoms with van der Waals surface area (Å²) in [6.07, 6.45) is -0.666. The maximum atomic E-state index is 12.8.